The third-order valence-electron chi connectivity index (χ3n) is 1.45. The van der Waals surface area contributed by atoms with Crippen molar-refractivity contribution >= 4 is 17.2 Å². The van der Waals surface area contributed by atoms with Crippen LogP contribution in [-0.2, 0) is 0 Å². The third-order valence-corrected chi connectivity index (χ3v) is 2.32. The first-order chi connectivity index (χ1) is 6.24. The molecule has 1 rings (SSSR count). The Hall–Kier alpha value is -0.910. The summed E-state index contributed by atoms with van der Waals surface area (Å²) in [6.07, 6.45) is -0.885. The second-order valence-corrected chi connectivity index (χ2v) is 3.47. The maximum atomic E-state index is 11.2. The van der Waals surface area contributed by atoms with Gasteiger partial charge in [-0.3, -0.25) is 4.79 Å². The Labute approximate surface area is 79.8 Å². The van der Waals surface area contributed by atoms with Gasteiger partial charge in [0.05, 0.1) is 17.6 Å². The monoisotopic (exact) mass is 201 g/mol. The van der Waals surface area contributed by atoms with Gasteiger partial charge in [-0.1, -0.05) is 6.07 Å². The zero-order valence-electron chi connectivity index (χ0n) is 6.93. The maximum Gasteiger partial charge on any atom is 0.261 e. The van der Waals surface area contributed by atoms with Gasteiger partial charge in [0, 0.05) is 6.54 Å². The summed E-state index contributed by atoms with van der Waals surface area (Å²) >= 11 is 1.33. The summed E-state index contributed by atoms with van der Waals surface area (Å²) in [6.45, 7) is -0.266. The van der Waals surface area contributed by atoms with Crippen molar-refractivity contribution in [1.82, 2.24) is 5.32 Å². The van der Waals surface area contributed by atoms with Gasteiger partial charge in [-0.15, -0.1) is 11.3 Å². The van der Waals surface area contributed by atoms with Crippen molar-refractivity contribution < 1.29 is 15.0 Å². The zero-order valence-corrected chi connectivity index (χ0v) is 7.75. The topological polar surface area (TPSA) is 69.6 Å². The van der Waals surface area contributed by atoms with Gasteiger partial charge in [0.25, 0.3) is 5.91 Å². The molecule has 0 saturated heterocycles. The number of hydrogen-bond acceptors (Lipinski definition) is 4. The molecule has 13 heavy (non-hydrogen) atoms. The standard InChI is InChI=1S/C8H11NO3S/c10-5-6(11)4-9-8(12)7-2-1-3-13-7/h1-3,6,10-11H,4-5H2,(H,9,12). The molecule has 1 atom stereocenters. The van der Waals surface area contributed by atoms with Crippen LogP contribution < -0.4 is 5.32 Å². The number of aliphatic hydroxyl groups excluding tert-OH is 2. The Bertz CT molecular complexity index is 260. The first-order valence-corrected chi connectivity index (χ1v) is 4.72. The molecule has 5 heteroatoms. The van der Waals surface area contributed by atoms with Gasteiger partial charge < -0.3 is 15.5 Å². The third kappa shape index (κ3) is 3.14. The molecule has 0 spiro atoms. The van der Waals surface area contributed by atoms with Crippen molar-refractivity contribution in [2.75, 3.05) is 13.2 Å². The average molecular weight is 201 g/mol. The smallest absolute Gasteiger partial charge is 0.261 e. The van der Waals surface area contributed by atoms with Crippen molar-refractivity contribution in [2.45, 2.75) is 6.10 Å². The molecule has 0 fully saturated rings. The lowest BCUT2D eigenvalue weighted by Crippen LogP contribution is -2.33. The normalized spacial score (nSPS) is 12.5. The van der Waals surface area contributed by atoms with E-state index in [0.717, 1.165) is 0 Å². The van der Waals surface area contributed by atoms with E-state index in [1.807, 2.05) is 0 Å². The molecule has 72 valence electrons. The second kappa shape index (κ2) is 4.96. The number of rotatable bonds is 4. The van der Waals surface area contributed by atoms with E-state index >= 15 is 0 Å². The Morgan fingerprint density at radius 2 is 2.46 bits per heavy atom. The van der Waals surface area contributed by atoms with Crippen LogP contribution >= 0.6 is 11.3 Å². The van der Waals surface area contributed by atoms with Gasteiger partial charge in [-0.05, 0) is 11.4 Å². The first-order valence-electron chi connectivity index (χ1n) is 3.84. The average Bonchev–Trinajstić information content (AvgIpc) is 2.66. The maximum absolute atomic E-state index is 11.2. The summed E-state index contributed by atoms with van der Waals surface area (Å²) in [5, 5.41) is 21.7. The van der Waals surface area contributed by atoms with Crippen LogP contribution in [0.4, 0.5) is 0 Å². The Kier molecular flexibility index (Phi) is 3.88. The number of nitrogens with one attached hydrogen (secondary N) is 1. The molecule has 0 radical (unpaired) electrons. The van der Waals surface area contributed by atoms with Crippen LogP contribution in [0, 0.1) is 0 Å². The van der Waals surface area contributed by atoms with Crippen LogP contribution in [0.15, 0.2) is 17.5 Å². The fraction of sp³-hybridized carbons (Fsp3) is 0.375. The highest BCUT2D eigenvalue weighted by Crippen LogP contribution is 2.07. The molecule has 1 amide bonds. The summed E-state index contributed by atoms with van der Waals surface area (Å²) < 4.78 is 0. The molecule has 0 aliphatic heterocycles. The van der Waals surface area contributed by atoms with Gasteiger partial charge >= 0.3 is 0 Å². The predicted octanol–water partition coefficient (Wildman–Crippen LogP) is -0.169. The molecule has 1 heterocycles. The van der Waals surface area contributed by atoms with E-state index < -0.39 is 6.10 Å². The number of aliphatic hydroxyl groups is 2. The minimum atomic E-state index is -0.885. The highest BCUT2D eigenvalue weighted by Gasteiger charge is 2.08. The van der Waals surface area contributed by atoms with Crippen molar-refractivity contribution in [3.63, 3.8) is 0 Å². The molecule has 0 bridgehead atoms. The van der Waals surface area contributed by atoms with E-state index in [1.54, 1.807) is 17.5 Å². The second-order valence-electron chi connectivity index (χ2n) is 2.52. The summed E-state index contributed by atoms with van der Waals surface area (Å²) in [7, 11) is 0. The Morgan fingerprint density at radius 3 is 3.00 bits per heavy atom. The fourth-order valence-electron chi connectivity index (χ4n) is 0.770. The summed E-state index contributed by atoms with van der Waals surface area (Å²) in [5.74, 6) is -0.220. The molecule has 4 nitrogen and oxygen atoms in total. The molecule has 3 N–H and O–H groups in total. The summed E-state index contributed by atoms with van der Waals surface area (Å²) in [6, 6.07) is 3.48. The van der Waals surface area contributed by atoms with Gasteiger partial charge in [-0.25, -0.2) is 0 Å². The molecule has 0 aromatic carbocycles. The van der Waals surface area contributed by atoms with Crippen LogP contribution in [0.25, 0.3) is 0 Å². The minimum absolute atomic E-state index is 0.0766. The Balaban J connectivity index is 2.35. The molecular weight excluding hydrogens is 190 g/mol. The largest absolute Gasteiger partial charge is 0.394 e. The van der Waals surface area contributed by atoms with Gasteiger partial charge in [0.1, 0.15) is 0 Å². The van der Waals surface area contributed by atoms with Gasteiger partial charge in [0.2, 0.25) is 0 Å². The van der Waals surface area contributed by atoms with Crippen LogP contribution in [0.1, 0.15) is 9.67 Å². The summed E-state index contributed by atoms with van der Waals surface area (Å²) in [5.41, 5.74) is 0. The van der Waals surface area contributed by atoms with Crippen LogP contribution in [0.2, 0.25) is 0 Å². The van der Waals surface area contributed by atoms with E-state index in [2.05, 4.69) is 5.32 Å². The number of thiophene rings is 1. The first kappa shape index (κ1) is 10.2. The molecule has 0 saturated carbocycles. The number of amides is 1. The molecule has 1 unspecified atom stereocenters. The van der Waals surface area contributed by atoms with Crippen molar-refractivity contribution in [3.05, 3.63) is 22.4 Å². The van der Waals surface area contributed by atoms with Gasteiger partial charge in [0.15, 0.2) is 0 Å². The van der Waals surface area contributed by atoms with Crippen molar-refractivity contribution in [2.24, 2.45) is 0 Å². The number of carbonyl (C=O) groups excluding carboxylic acids is 1. The zero-order chi connectivity index (χ0) is 9.68. The Morgan fingerprint density at radius 1 is 1.69 bits per heavy atom. The van der Waals surface area contributed by atoms with Crippen LogP contribution in [0.3, 0.4) is 0 Å². The number of carbonyl (C=O) groups is 1. The van der Waals surface area contributed by atoms with Crippen molar-refractivity contribution in [1.29, 1.82) is 0 Å². The van der Waals surface area contributed by atoms with E-state index in [0.29, 0.717) is 4.88 Å². The highest BCUT2D eigenvalue weighted by molar-refractivity contribution is 7.12. The number of hydrogen-bond donors (Lipinski definition) is 3. The summed E-state index contributed by atoms with van der Waals surface area (Å²) in [4.78, 5) is 11.8. The molecule has 1 aromatic heterocycles. The van der Waals surface area contributed by atoms with Crippen LogP contribution in [-0.4, -0.2) is 35.4 Å². The fourth-order valence-corrected chi connectivity index (χ4v) is 1.41. The van der Waals surface area contributed by atoms with E-state index in [9.17, 15) is 4.79 Å². The molecule has 0 aliphatic rings. The lowest BCUT2D eigenvalue weighted by atomic mass is 10.3. The molecule has 0 aliphatic carbocycles. The quantitative estimate of drug-likeness (QED) is 0.633. The lowest BCUT2D eigenvalue weighted by molar-refractivity contribution is 0.0804. The lowest BCUT2D eigenvalue weighted by Gasteiger charge is -2.07. The van der Waals surface area contributed by atoms with E-state index in [4.69, 9.17) is 10.2 Å². The van der Waals surface area contributed by atoms with E-state index in [-0.39, 0.29) is 19.1 Å². The molecule has 1 aromatic rings. The predicted molar refractivity (Wildman–Crippen MR) is 49.7 cm³/mol. The van der Waals surface area contributed by atoms with E-state index in [1.165, 1.54) is 11.3 Å². The molecular formula is C8H11NO3S. The van der Waals surface area contributed by atoms with Crippen LogP contribution in [0.5, 0.6) is 0 Å². The minimum Gasteiger partial charge on any atom is -0.394 e. The van der Waals surface area contributed by atoms with Crippen molar-refractivity contribution in [3.8, 4) is 0 Å². The highest BCUT2D eigenvalue weighted by atomic mass is 32.1. The van der Waals surface area contributed by atoms with Gasteiger partial charge in [-0.2, -0.15) is 0 Å². The SMILES string of the molecule is O=C(NCC(O)CO)c1cccs1.